The monoisotopic (exact) mass is 286 g/mol. The third-order valence-electron chi connectivity index (χ3n) is 1.92. The second-order valence-corrected chi connectivity index (χ2v) is 3.61. The Labute approximate surface area is 102 Å². The molecule has 2 nitrogen and oxygen atoms in total. The fraction of sp³-hybridized carbons (Fsp3) is 0.250. The molecule has 86 valence electrons. The second-order valence-electron chi connectivity index (χ2n) is 3.05. The van der Waals surface area contributed by atoms with Crippen molar-refractivity contribution in [3.8, 4) is 0 Å². The maximum Gasteiger partial charge on any atom is 0.334 e. The summed E-state index contributed by atoms with van der Waals surface area (Å²) in [6.45, 7) is 2.04. The quantitative estimate of drug-likeness (QED) is 0.483. The van der Waals surface area contributed by atoms with Crippen LogP contribution in [0.3, 0.4) is 0 Å². The number of ether oxygens (including phenoxy) is 1. The molecule has 0 N–H and O–H groups in total. The smallest absolute Gasteiger partial charge is 0.334 e. The molecule has 0 radical (unpaired) electrons. The van der Waals surface area contributed by atoms with Crippen molar-refractivity contribution in [2.24, 2.45) is 0 Å². The Hall–Kier alpha value is -1.16. The number of carbonyl (C=O) groups is 1. The molecule has 1 rings (SSSR count). The van der Waals surface area contributed by atoms with E-state index >= 15 is 0 Å². The van der Waals surface area contributed by atoms with Gasteiger partial charge in [-0.1, -0.05) is 34.1 Å². The van der Waals surface area contributed by atoms with Crippen molar-refractivity contribution in [3.63, 3.8) is 0 Å². The van der Waals surface area contributed by atoms with Gasteiger partial charge in [-0.05, 0) is 19.1 Å². The normalized spacial score (nSPS) is 11.3. The molecule has 0 saturated heterocycles. The van der Waals surface area contributed by atoms with Crippen LogP contribution in [0.4, 0.5) is 4.39 Å². The lowest BCUT2D eigenvalue weighted by Gasteiger charge is -2.04. The largest absolute Gasteiger partial charge is 0.463 e. The van der Waals surface area contributed by atoms with Crippen molar-refractivity contribution in [2.75, 3.05) is 11.9 Å². The van der Waals surface area contributed by atoms with Crippen LogP contribution in [0.1, 0.15) is 12.5 Å². The highest BCUT2D eigenvalue weighted by molar-refractivity contribution is 9.09. The van der Waals surface area contributed by atoms with Gasteiger partial charge in [-0.2, -0.15) is 0 Å². The molecule has 0 atom stereocenters. The van der Waals surface area contributed by atoms with Crippen molar-refractivity contribution in [2.45, 2.75) is 6.92 Å². The summed E-state index contributed by atoms with van der Waals surface area (Å²) in [6.07, 6.45) is 1.49. The fourth-order valence-electron chi connectivity index (χ4n) is 1.16. The standard InChI is InChI=1S/C12H12BrFO2/c1-2-16-12(15)10(8-13)7-9-5-3-4-6-11(9)14/h3-7H,2,8H2,1H3/b10-7-. The summed E-state index contributed by atoms with van der Waals surface area (Å²) in [5.41, 5.74) is 0.775. The van der Waals surface area contributed by atoms with Crippen molar-refractivity contribution < 1.29 is 13.9 Å². The fourth-order valence-corrected chi connectivity index (χ4v) is 1.55. The van der Waals surface area contributed by atoms with Crippen LogP contribution in [0.2, 0.25) is 0 Å². The lowest BCUT2D eigenvalue weighted by atomic mass is 10.1. The van der Waals surface area contributed by atoms with Crippen LogP contribution in [-0.2, 0) is 9.53 Å². The van der Waals surface area contributed by atoms with Gasteiger partial charge in [-0.25, -0.2) is 9.18 Å². The Kier molecular flexibility index (Phi) is 5.19. The minimum atomic E-state index is -0.428. The van der Waals surface area contributed by atoms with E-state index in [9.17, 15) is 9.18 Å². The van der Waals surface area contributed by atoms with Crippen LogP contribution in [0.25, 0.3) is 6.08 Å². The minimum absolute atomic E-state index is 0.306. The average molecular weight is 287 g/mol. The Balaban J connectivity index is 2.96. The molecule has 0 aliphatic carbocycles. The number of carbonyl (C=O) groups excluding carboxylic acids is 1. The van der Waals surface area contributed by atoms with Crippen LogP contribution in [0.5, 0.6) is 0 Å². The van der Waals surface area contributed by atoms with Gasteiger partial charge in [0, 0.05) is 16.5 Å². The van der Waals surface area contributed by atoms with Crippen molar-refractivity contribution in [1.29, 1.82) is 0 Å². The molecule has 1 aromatic carbocycles. The van der Waals surface area contributed by atoms with E-state index in [0.717, 1.165) is 0 Å². The molecule has 0 aromatic heterocycles. The summed E-state index contributed by atoms with van der Waals surface area (Å²) in [5.74, 6) is -0.784. The first-order valence-electron chi connectivity index (χ1n) is 4.87. The molecule has 0 heterocycles. The van der Waals surface area contributed by atoms with Crippen LogP contribution in [-0.4, -0.2) is 17.9 Å². The summed E-state index contributed by atoms with van der Waals surface area (Å²) in [5, 5.41) is 0.333. The minimum Gasteiger partial charge on any atom is -0.463 e. The third kappa shape index (κ3) is 3.45. The number of alkyl halides is 1. The molecule has 0 aliphatic rings. The van der Waals surface area contributed by atoms with Crippen LogP contribution < -0.4 is 0 Å². The lowest BCUT2D eigenvalue weighted by molar-refractivity contribution is -0.138. The molecule has 0 bridgehead atoms. The van der Waals surface area contributed by atoms with E-state index in [4.69, 9.17) is 4.74 Å². The van der Waals surface area contributed by atoms with E-state index in [1.807, 2.05) is 0 Å². The first-order valence-corrected chi connectivity index (χ1v) is 5.99. The van der Waals surface area contributed by atoms with E-state index in [0.29, 0.717) is 23.1 Å². The van der Waals surface area contributed by atoms with E-state index < -0.39 is 5.97 Å². The van der Waals surface area contributed by atoms with Crippen LogP contribution >= 0.6 is 15.9 Å². The van der Waals surface area contributed by atoms with Gasteiger partial charge >= 0.3 is 5.97 Å². The number of benzene rings is 1. The number of hydrogen-bond donors (Lipinski definition) is 0. The van der Waals surface area contributed by atoms with Crippen LogP contribution in [0.15, 0.2) is 29.8 Å². The Morgan fingerprint density at radius 2 is 2.19 bits per heavy atom. The van der Waals surface area contributed by atoms with Crippen molar-refractivity contribution in [1.82, 2.24) is 0 Å². The average Bonchev–Trinajstić information content (AvgIpc) is 2.28. The molecule has 4 heteroatoms. The maximum atomic E-state index is 13.3. The summed E-state index contributed by atoms with van der Waals surface area (Å²) >= 11 is 3.18. The Morgan fingerprint density at radius 1 is 1.50 bits per heavy atom. The number of rotatable bonds is 4. The third-order valence-corrected chi connectivity index (χ3v) is 2.52. The highest BCUT2D eigenvalue weighted by Crippen LogP contribution is 2.13. The Morgan fingerprint density at radius 3 is 2.75 bits per heavy atom. The zero-order valence-electron chi connectivity index (χ0n) is 8.87. The molecule has 1 aromatic rings. The zero-order valence-corrected chi connectivity index (χ0v) is 10.5. The molecule has 0 amide bonds. The highest BCUT2D eigenvalue weighted by Gasteiger charge is 2.09. The van der Waals surface area contributed by atoms with E-state index in [2.05, 4.69) is 15.9 Å². The maximum absolute atomic E-state index is 13.3. The van der Waals surface area contributed by atoms with Gasteiger partial charge in [-0.3, -0.25) is 0 Å². The van der Waals surface area contributed by atoms with Gasteiger partial charge in [0.15, 0.2) is 0 Å². The Bertz CT molecular complexity index is 402. The molecule has 0 saturated carbocycles. The zero-order chi connectivity index (χ0) is 12.0. The van der Waals surface area contributed by atoms with Crippen molar-refractivity contribution >= 4 is 28.0 Å². The van der Waals surface area contributed by atoms with E-state index in [-0.39, 0.29) is 5.82 Å². The molecular weight excluding hydrogens is 275 g/mol. The number of halogens is 2. The lowest BCUT2D eigenvalue weighted by Crippen LogP contribution is -2.08. The first-order chi connectivity index (χ1) is 7.69. The predicted octanol–water partition coefficient (Wildman–Crippen LogP) is 3.17. The molecule has 0 fully saturated rings. The topological polar surface area (TPSA) is 26.3 Å². The van der Waals surface area contributed by atoms with Gasteiger partial charge in [0.05, 0.1) is 6.61 Å². The van der Waals surface area contributed by atoms with E-state index in [1.54, 1.807) is 25.1 Å². The highest BCUT2D eigenvalue weighted by atomic mass is 79.9. The summed E-state index contributed by atoms with van der Waals surface area (Å²) in [4.78, 5) is 11.4. The van der Waals surface area contributed by atoms with Gasteiger partial charge in [0.25, 0.3) is 0 Å². The molecule has 0 unspecified atom stereocenters. The van der Waals surface area contributed by atoms with Gasteiger partial charge in [0.1, 0.15) is 5.82 Å². The number of esters is 1. The van der Waals surface area contributed by atoms with Gasteiger partial charge in [-0.15, -0.1) is 0 Å². The number of hydrogen-bond acceptors (Lipinski definition) is 2. The SMILES string of the molecule is CCOC(=O)/C(=C\c1ccccc1F)CBr. The van der Waals surface area contributed by atoms with Crippen molar-refractivity contribution in [3.05, 3.63) is 41.2 Å². The predicted molar refractivity (Wildman–Crippen MR) is 64.8 cm³/mol. The first kappa shape index (κ1) is 12.9. The molecule has 0 aliphatic heterocycles. The van der Waals surface area contributed by atoms with Gasteiger partial charge in [0.2, 0.25) is 0 Å². The molecule has 0 spiro atoms. The summed E-state index contributed by atoms with van der Waals surface area (Å²) < 4.78 is 18.2. The van der Waals surface area contributed by atoms with E-state index in [1.165, 1.54) is 12.1 Å². The second kappa shape index (κ2) is 6.43. The molecular formula is C12H12BrFO2. The van der Waals surface area contributed by atoms with Gasteiger partial charge < -0.3 is 4.74 Å². The molecule has 16 heavy (non-hydrogen) atoms. The van der Waals surface area contributed by atoms with Crippen LogP contribution in [0, 0.1) is 5.82 Å². The summed E-state index contributed by atoms with van der Waals surface area (Å²) in [6, 6.07) is 6.27. The summed E-state index contributed by atoms with van der Waals surface area (Å²) in [7, 11) is 0.